The number of rotatable bonds is 9. The maximum absolute atomic E-state index is 12.5. The normalized spacial score (nSPS) is 14.9. The summed E-state index contributed by atoms with van der Waals surface area (Å²) in [5.41, 5.74) is 3.26. The molecular weight excluding hydrogens is 424 g/mol. The van der Waals surface area contributed by atoms with Crippen molar-refractivity contribution in [2.24, 2.45) is 0 Å². The fourth-order valence-electron chi connectivity index (χ4n) is 2.86. The Morgan fingerprint density at radius 1 is 1.23 bits per heavy atom. The summed E-state index contributed by atoms with van der Waals surface area (Å²) in [5.74, 6) is -1.06. The van der Waals surface area contributed by atoms with Gasteiger partial charge in [0.25, 0.3) is 11.5 Å². The van der Waals surface area contributed by atoms with Crippen LogP contribution < -0.4 is 11.0 Å². The van der Waals surface area contributed by atoms with Crippen LogP contribution in [0.4, 0.5) is 0 Å². The number of nitrogens with one attached hydrogen (secondary N) is 1. The molecule has 2 unspecified atom stereocenters. The first-order valence-corrected chi connectivity index (χ1v) is 11.3. The molecule has 0 fully saturated rings. The molecule has 0 aliphatic rings. The predicted molar refractivity (Wildman–Crippen MR) is 116 cm³/mol. The molecule has 0 spiro atoms. The summed E-state index contributed by atoms with van der Waals surface area (Å²) < 4.78 is 23.5. The third-order valence-electron chi connectivity index (χ3n) is 5.17. The summed E-state index contributed by atoms with van der Waals surface area (Å²) in [6, 6.07) is 10.3. The van der Waals surface area contributed by atoms with Crippen molar-refractivity contribution in [3.63, 3.8) is 0 Å². The highest BCUT2D eigenvalue weighted by Crippen LogP contribution is 2.23. The Hall–Kier alpha value is -2.79. The molecule has 1 heterocycles. The van der Waals surface area contributed by atoms with E-state index in [1.807, 2.05) is 0 Å². The van der Waals surface area contributed by atoms with Crippen molar-refractivity contribution in [3.8, 4) is 11.1 Å². The molecule has 1 aromatic heterocycles. The molecule has 2 rings (SSSR count). The standard InChI is InChI=1S/C21H26N2O7S/c1-21(20(27)22-28,31(2,29)30)10-12-23-11-9-17(13-19(23)26)16-6-3-15(4-7-16)5-8-18(25)14-24/h3-9,11,13,18,24-25,28H,10,12,14H2,1-2H3,(H,22,27). The van der Waals surface area contributed by atoms with E-state index in [9.17, 15) is 23.1 Å². The maximum Gasteiger partial charge on any atom is 0.264 e. The lowest BCUT2D eigenvalue weighted by atomic mass is 10.0. The molecule has 1 aromatic carbocycles. The Morgan fingerprint density at radius 2 is 1.87 bits per heavy atom. The van der Waals surface area contributed by atoms with Crippen molar-refractivity contribution in [2.75, 3.05) is 12.9 Å². The van der Waals surface area contributed by atoms with Gasteiger partial charge in [0.2, 0.25) is 0 Å². The Balaban J connectivity index is 2.19. The quantitative estimate of drug-likeness (QED) is 0.323. The van der Waals surface area contributed by atoms with Gasteiger partial charge in [0.1, 0.15) is 0 Å². The molecule has 0 aliphatic carbocycles. The van der Waals surface area contributed by atoms with Crippen molar-refractivity contribution < 1.29 is 28.6 Å². The van der Waals surface area contributed by atoms with Gasteiger partial charge in [0.15, 0.2) is 14.6 Å². The lowest BCUT2D eigenvalue weighted by Gasteiger charge is -2.25. The fourth-order valence-corrected chi connectivity index (χ4v) is 3.71. The molecule has 0 saturated heterocycles. The molecule has 0 radical (unpaired) electrons. The highest BCUT2D eigenvalue weighted by molar-refractivity contribution is 7.92. The van der Waals surface area contributed by atoms with Crippen molar-refractivity contribution in [1.29, 1.82) is 0 Å². The fraction of sp³-hybridized carbons (Fsp3) is 0.333. The highest BCUT2D eigenvalue weighted by Gasteiger charge is 2.43. The minimum Gasteiger partial charge on any atom is -0.393 e. The molecule has 10 heteroatoms. The number of sulfone groups is 1. The second-order valence-corrected chi connectivity index (χ2v) is 9.82. The van der Waals surface area contributed by atoms with E-state index in [1.54, 1.807) is 36.4 Å². The van der Waals surface area contributed by atoms with Gasteiger partial charge < -0.3 is 14.8 Å². The third-order valence-corrected chi connectivity index (χ3v) is 7.19. The Labute approximate surface area is 180 Å². The summed E-state index contributed by atoms with van der Waals surface area (Å²) in [4.78, 5) is 24.4. The summed E-state index contributed by atoms with van der Waals surface area (Å²) in [6.07, 6.45) is 4.43. The van der Waals surface area contributed by atoms with Crippen LogP contribution in [0.3, 0.4) is 0 Å². The number of benzene rings is 1. The van der Waals surface area contributed by atoms with Gasteiger partial charge in [-0.1, -0.05) is 36.4 Å². The number of pyridine rings is 1. The Kier molecular flexibility index (Phi) is 7.91. The van der Waals surface area contributed by atoms with E-state index in [-0.39, 0.29) is 25.1 Å². The topological polar surface area (TPSA) is 146 Å². The van der Waals surface area contributed by atoms with Crippen LogP contribution >= 0.6 is 0 Å². The van der Waals surface area contributed by atoms with Crippen molar-refractivity contribution in [1.82, 2.24) is 10.0 Å². The number of hydrogen-bond acceptors (Lipinski definition) is 7. The van der Waals surface area contributed by atoms with E-state index in [4.69, 9.17) is 10.3 Å². The van der Waals surface area contributed by atoms with Gasteiger partial charge in [0.05, 0.1) is 12.7 Å². The molecular formula is C21H26N2O7S. The van der Waals surface area contributed by atoms with Gasteiger partial charge in [-0.25, -0.2) is 13.9 Å². The van der Waals surface area contributed by atoms with Gasteiger partial charge in [-0.15, -0.1) is 0 Å². The van der Waals surface area contributed by atoms with E-state index in [0.29, 0.717) is 5.56 Å². The third kappa shape index (κ3) is 5.88. The number of nitrogens with zero attached hydrogens (tertiary/aromatic N) is 1. The van der Waals surface area contributed by atoms with E-state index >= 15 is 0 Å². The maximum atomic E-state index is 12.5. The van der Waals surface area contributed by atoms with Crippen LogP contribution in [-0.2, 0) is 21.2 Å². The zero-order chi connectivity index (χ0) is 23.2. The number of hydroxylamine groups is 1. The largest absolute Gasteiger partial charge is 0.393 e. The van der Waals surface area contributed by atoms with Crippen LogP contribution in [0.2, 0.25) is 0 Å². The molecule has 9 nitrogen and oxygen atoms in total. The lowest BCUT2D eigenvalue weighted by molar-refractivity contribution is -0.131. The smallest absolute Gasteiger partial charge is 0.264 e. The van der Waals surface area contributed by atoms with Crippen LogP contribution in [0.25, 0.3) is 17.2 Å². The molecule has 31 heavy (non-hydrogen) atoms. The summed E-state index contributed by atoms with van der Waals surface area (Å²) in [7, 11) is -3.85. The number of aliphatic hydroxyl groups excluding tert-OH is 2. The minimum absolute atomic E-state index is 0.0347. The average molecular weight is 451 g/mol. The molecule has 0 bridgehead atoms. The van der Waals surface area contributed by atoms with Gasteiger partial charge in [-0.3, -0.25) is 14.8 Å². The number of aryl methyl sites for hydroxylation is 1. The first-order valence-electron chi connectivity index (χ1n) is 9.44. The van der Waals surface area contributed by atoms with Crippen molar-refractivity contribution >= 4 is 21.8 Å². The molecule has 0 aliphatic heterocycles. The van der Waals surface area contributed by atoms with E-state index in [1.165, 1.54) is 35.3 Å². The predicted octanol–water partition coefficient (Wildman–Crippen LogP) is 0.580. The first-order chi connectivity index (χ1) is 14.5. The zero-order valence-corrected chi connectivity index (χ0v) is 18.0. The number of amides is 1. The second kappa shape index (κ2) is 10.0. The van der Waals surface area contributed by atoms with Crippen LogP contribution in [0, 0.1) is 0 Å². The number of carbonyl (C=O) groups excluding carboxylic acids is 1. The lowest BCUT2D eigenvalue weighted by Crippen LogP contribution is -2.49. The van der Waals surface area contributed by atoms with Crippen molar-refractivity contribution in [3.05, 3.63) is 64.6 Å². The summed E-state index contributed by atoms with van der Waals surface area (Å²) in [6.45, 7) is 0.800. The second-order valence-electron chi connectivity index (χ2n) is 7.37. The van der Waals surface area contributed by atoms with Gasteiger partial charge in [-0.05, 0) is 36.1 Å². The van der Waals surface area contributed by atoms with Gasteiger partial charge in [-0.2, -0.15) is 0 Å². The molecule has 2 aromatic rings. The number of carbonyl (C=O) groups is 1. The Bertz CT molecular complexity index is 1110. The average Bonchev–Trinajstić information content (AvgIpc) is 2.75. The number of hydrogen-bond donors (Lipinski definition) is 4. The molecule has 4 N–H and O–H groups in total. The number of aliphatic hydroxyl groups is 2. The summed E-state index contributed by atoms with van der Waals surface area (Å²) >= 11 is 0. The molecule has 1 amide bonds. The SMILES string of the molecule is CC(CCn1ccc(-c2ccc(C=CC(O)CO)cc2)cc1=O)(C(=O)NO)S(C)(=O)=O. The summed E-state index contributed by atoms with van der Waals surface area (Å²) in [5, 5.41) is 27.1. The van der Waals surface area contributed by atoms with Crippen LogP contribution in [-0.4, -0.2) is 58.0 Å². The van der Waals surface area contributed by atoms with Crippen molar-refractivity contribution in [2.45, 2.75) is 30.7 Å². The van der Waals surface area contributed by atoms with Crippen LogP contribution in [0.5, 0.6) is 0 Å². The van der Waals surface area contributed by atoms with Gasteiger partial charge in [0, 0.05) is 25.1 Å². The first kappa shape index (κ1) is 24.5. The van der Waals surface area contributed by atoms with E-state index in [2.05, 4.69) is 0 Å². The highest BCUT2D eigenvalue weighted by atomic mass is 32.2. The monoisotopic (exact) mass is 450 g/mol. The minimum atomic E-state index is -3.85. The molecule has 2 atom stereocenters. The van der Waals surface area contributed by atoms with Crippen LogP contribution in [0.1, 0.15) is 18.9 Å². The molecule has 168 valence electrons. The zero-order valence-electron chi connectivity index (χ0n) is 17.2. The van der Waals surface area contributed by atoms with E-state index < -0.39 is 26.6 Å². The number of aromatic nitrogens is 1. The molecule has 0 saturated carbocycles. The Morgan fingerprint density at radius 3 is 2.39 bits per heavy atom. The van der Waals surface area contributed by atoms with Gasteiger partial charge >= 0.3 is 0 Å². The van der Waals surface area contributed by atoms with E-state index in [0.717, 1.165) is 17.4 Å². The van der Waals surface area contributed by atoms with Crippen LogP contribution in [0.15, 0.2) is 53.5 Å².